The number of aromatic nitrogens is 1. The van der Waals surface area contributed by atoms with Gasteiger partial charge in [-0.1, -0.05) is 0 Å². The molecular formula is C11H16N4O2. The molecule has 1 atom stereocenters. The van der Waals surface area contributed by atoms with Crippen molar-refractivity contribution in [3.8, 4) is 0 Å². The molecule has 0 saturated heterocycles. The summed E-state index contributed by atoms with van der Waals surface area (Å²) in [4.78, 5) is 26.5. The maximum absolute atomic E-state index is 11.9. The summed E-state index contributed by atoms with van der Waals surface area (Å²) in [7, 11) is 1.71. The lowest BCUT2D eigenvalue weighted by molar-refractivity contribution is -0.118. The van der Waals surface area contributed by atoms with Crippen LogP contribution in [-0.2, 0) is 4.79 Å². The van der Waals surface area contributed by atoms with Gasteiger partial charge in [0.25, 0.3) is 5.91 Å². The van der Waals surface area contributed by atoms with Crippen molar-refractivity contribution in [2.24, 2.45) is 5.73 Å². The highest BCUT2D eigenvalue weighted by Crippen LogP contribution is 2.12. The minimum Gasteiger partial charge on any atom is -0.386 e. The number of nitrogens with two attached hydrogens (primary N) is 1. The standard InChI is InChI=1S/C11H16N4O2/c1-7(5-10(12)16)15-11(17)8-3-4-14-6-9(8)13-2/h3-4,6-7,13H,5H2,1-2H3,(H2,12,16)(H,15,17). The molecule has 1 rings (SSSR count). The van der Waals surface area contributed by atoms with Crippen LogP contribution >= 0.6 is 0 Å². The van der Waals surface area contributed by atoms with E-state index in [1.165, 1.54) is 6.20 Å². The molecule has 0 aromatic carbocycles. The summed E-state index contributed by atoms with van der Waals surface area (Å²) in [5, 5.41) is 5.57. The van der Waals surface area contributed by atoms with Crippen molar-refractivity contribution < 1.29 is 9.59 Å². The van der Waals surface area contributed by atoms with Gasteiger partial charge < -0.3 is 16.4 Å². The summed E-state index contributed by atoms with van der Waals surface area (Å²) in [5.41, 5.74) is 6.17. The highest BCUT2D eigenvalue weighted by molar-refractivity contribution is 5.99. The number of carbonyl (C=O) groups is 2. The van der Waals surface area contributed by atoms with Crippen molar-refractivity contribution >= 4 is 17.5 Å². The zero-order valence-corrected chi connectivity index (χ0v) is 9.86. The van der Waals surface area contributed by atoms with Crippen molar-refractivity contribution in [3.05, 3.63) is 24.0 Å². The number of nitrogens with one attached hydrogen (secondary N) is 2. The molecule has 92 valence electrons. The Bertz CT molecular complexity index is 420. The van der Waals surface area contributed by atoms with Gasteiger partial charge in [-0.3, -0.25) is 14.6 Å². The summed E-state index contributed by atoms with van der Waals surface area (Å²) < 4.78 is 0. The highest BCUT2D eigenvalue weighted by Gasteiger charge is 2.14. The lowest BCUT2D eigenvalue weighted by Crippen LogP contribution is -2.36. The predicted octanol–water partition coefficient (Wildman–Crippen LogP) is 0.117. The first kappa shape index (κ1) is 13.0. The molecule has 0 aliphatic heterocycles. The van der Waals surface area contributed by atoms with E-state index in [-0.39, 0.29) is 18.4 Å². The van der Waals surface area contributed by atoms with Crippen molar-refractivity contribution in [1.82, 2.24) is 10.3 Å². The maximum atomic E-state index is 11.9. The summed E-state index contributed by atoms with van der Waals surface area (Å²) in [6, 6.07) is 1.32. The summed E-state index contributed by atoms with van der Waals surface area (Å²) in [6.45, 7) is 1.73. The smallest absolute Gasteiger partial charge is 0.253 e. The van der Waals surface area contributed by atoms with Crippen LogP contribution < -0.4 is 16.4 Å². The van der Waals surface area contributed by atoms with Gasteiger partial charge in [0.05, 0.1) is 17.4 Å². The average molecular weight is 236 g/mol. The number of carbonyl (C=O) groups excluding carboxylic acids is 2. The van der Waals surface area contributed by atoms with E-state index in [2.05, 4.69) is 15.6 Å². The number of hydrogen-bond acceptors (Lipinski definition) is 4. The molecule has 0 spiro atoms. The Balaban J connectivity index is 2.72. The number of primary amides is 1. The van der Waals surface area contributed by atoms with Gasteiger partial charge in [0, 0.05) is 25.7 Å². The summed E-state index contributed by atoms with van der Waals surface area (Å²) in [6.07, 6.45) is 3.22. The fourth-order valence-corrected chi connectivity index (χ4v) is 1.45. The Morgan fingerprint density at radius 2 is 2.24 bits per heavy atom. The molecule has 4 N–H and O–H groups in total. The molecule has 1 unspecified atom stereocenters. The summed E-state index contributed by atoms with van der Waals surface area (Å²) in [5.74, 6) is -0.702. The van der Waals surface area contributed by atoms with Gasteiger partial charge in [0.15, 0.2) is 0 Å². The van der Waals surface area contributed by atoms with Crippen molar-refractivity contribution in [2.75, 3.05) is 12.4 Å². The van der Waals surface area contributed by atoms with E-state index < -0.39 is 5.91 Å². The first-order chi connectivity index (χ1) is 8.04. The topological polar surface area (TPSA) is 97.1 Å². The number of anilines is 1. The number of nitrogens with zero attached hydrogens (tertiary/aromatic N) is 1. The fraction of sp³-hybridized carbons (Fsp3) is 0.364. The van der Waals surface area contributed by atoms with Gasteiger partial charge in [-0.25, -0.2) is 0 Å². The Morgan fingerprint density at radius 3 is 2.82 bits per heavy atom. The molecule has 0 aliphatic carbocycles. The van der Waals surface area contributed by atoms with Crippen LogP contribution in [0.5, 0.6) is 0 Å². The van der Waals surface area contributed by atoms with Crippen molar-refractivity contribution in [3.63, 3.8) is 0 Å². The molecule has 0 radical (unpaired) electrons. The van der Waals surface area contributed by atoms with E-state index in [1.54, 1.807) is 26.2 Å². The Labute approximate surface area is 99.6 Å². The zero-order valence-electron chi connectivity index (χ0n) is 9.86. The third-order valence-electron chi connectivity index (χ3n) is 2.22. The van der Waals surface area contributed by atoms with Gasteiger partial charge in [0.1, 0.15) is 0 Å². The minimum absolute atomic E-state index is 0.117. The Hall–Kier alpha value is -2.11. The zero-order chi connectivity index (χ0) is 12.8. The van der Waals surface area contributed by atoms with Crippen LogP contribution in [0, 0.1) is 0 Å². The average Bonchev–Trinajstić information content (AvgIpc) is 2.27. The molecule has 1 heterocycles. The monoisotopic (exact) mass is 236 g/mol. The lowest BCUT2D eigenvalue weighted by atomic mass is 10.1. The molecule has 1 aromatic rings. The molecule has 0 aliphatic rings. The third-order valence-corrected chi connectivity index (χ3v) is 2.22. The Morgan fingerprint density at radius 1 is 1.53 bits per heavy atom. The van der Waals surface area contributed by atoms with Gasteiger partial charge >= 0.3 is 0 Å². The molecule has 1 aromatic heterocycles. The van der Waals surface area contributed by atoms with E-state index >= 15 is 0 Å². The largest absolute Gasteiger partial charge is 0.386 e. The van der Waals surface area contributed by atoms with Crippen LogP contribution in [0.25, 0.3) is 0 Å². The first-order valence-electron chi connectivity index (χ1n) is 5.25. The third kappa shape index (κ3) is 3.75. The van der Waals surface area contributed by atoms with Gasteiger partial charge in [0.2, 0.25) is 5.91 Å². The van der Waals surface area contributed by atoms with Crippen molar-refractivity contribution in [1.29, 1.82) is 0 Å². The van der Waals surface area contributed by atoms with Crippen LogP contribution in [0.2, 0.25) is 0 Å². The van der Waals surface area contributed by atoms with Crippen LogP contribution in [0.4, 0.5) is 5.69 Å². The fourth-order valence-electron chi connectivity index (χ4n) is 1.45. The Kier molecular flexibility index (Phi) is 4.45. The highest BCUT2D eigenvalue weighted by atomic mass is 16.2. The molecule has 2 amide bonds. The molecule has 0 fully saturated rings. The van der Waals surface area contributed by atoms with Crippen LogP contribution in [0.3, 0.4) is 0 Å². The lowest BCUT2D eigenvalue weighted by Gasteiger charge is -2.13. The van der Waals surface area contributed by atoms with E-state index in [1.807, 2.05) is 0 Å². The maximum Gasteiger partial charge on any atom is 0.253 e. The van der Waals surface area contributed by atoms with Crippen LogP contribution in [-0.4, -0.2) is 29.9 Å². The van der Waals surface area contributed by atoms with Gasteiger partial charge in [-0.05, 0) is 13.0 Å². The number of hydrogen-bond donors (Lipinski definition) is 3. The van der Waals surface area contributed by atoms with Crippen molar-refractivity contribution in [2.45, 2.75) is 19.4 Å². The normalized spacial score (nSPS) is 11.6. The second-order valence-electron chi connectivity index (χ2n) is 3.72. The van der Waals surface area contributed by atoms with E-state index in [4.69, 9.17) is 5.73 Å². The van der Waals surface area contributed by atoms with Gasteiger partial charge in [-0.15, -0.1) is 0 Å². The predicted molar refractivity (Wildman–Crippen MR) is 64.5 cm³/mol. The molecule has 0 saturated carbocycles. The summed E-state index contributed by atoms with van der Waals surface area (Å²) >= 11 is 0. The van der Waals surface area contributed by atoms with Gasteiger partial charge in [-0.2, -0.15) is 0 Å². The molecular weight excluding hydrogens is 220 g/mol. The number of rotatable bonds is 5. The molecule has 6 nitrogen and oxygen atoms in total. The SMILES string of the molecule is CNc1cnccc1C(=O)NC(C)CC(N)=O. The number of amides is 2. The van der Waals surface area contributed by atoms with E-state index in [0.29, 0.717) is 11.3 Å². The molecule has 6 heteroatoms. The minimum atomic E-state index is -0.443. The second kappa shape index (κ2) is 5.83. The number of pyridine rings is 1. The van der Waals surface area contributed by atoms with E-state index in [0.717, 1.165) is 0 Å². The second-order valence-corrected chi connectivity index (χ2v) is 3.72. The van der Waals surface area contributed by atoms with Crippen LogP contribution in [0.1, 0.15) is 23.7 Å². The molecule has 17 heavy (non-hydrogen) atoms. The first-order valence-corrected chi connectivity index (χ1v) is 5.25. The van der Waals surface area contributed by atoms with E-state index in [9.17, 15) is 9.59 Å². The van der Waals surface area contributed by atoms with Crippen LogP contribution in [0.15, 0.2) is 18.5 Å². The molecule has 0 bridgehead atoms. The quantitative estimate of drug-likeness (QED) is 0.676.